The Bertz CT molecular complexity index is 270. The van der Waals surface area contributed by atoms with Crippen LogP contribution in [0.1, 0.15) is 18.4 Å². The van der Waals surface area contributed by atoms with Crippen molar-refractivity contribution >= 4 is 5.91 Å². The van der Waals surface area contributed by atoms with Gasteiger partial charge >= 0.3 is 0 Å². The molecule has 0 unspecified atom stereocenters. The number of nitrogens with one attached hydrogen (secondary N) is 1. The summed E-state index contributed by atoms with van der Waals surface area (Å²) in [4.78, 5) is 16.0. The van der Waals surface area contributed by atoms with E-state index in [0.29, 0.717) is 19.4 Å². The Morgan fingerprint density at radius 1 is 1.64 bits per heavy atom. The lowest BCUT2D eigenvalue weighted by Gasteiger charge is -2.15. The second-order valence-electron chi connectivity index (χ2n) is 3.30. The third-order valence-electron chi connectivity index (χ3n) is 2.06. The minimum atomic E-state index is 0.0697. The molecule has 2 N–H and O–H groups in total. The molecule has 1 heterocycles. The standard InChI is InChI=1S/C10H16N2O2/c1-12(10(14)3-2-6-13)8-9-4-5-11-7-9/h4-5,7,11,13H,2-3,6,8H2,1H3. The van der Waals surface area contributed by atoms with E-state index in [4.69, 9.17) is 5.11 Å². The van der Waals surface area contributed by atoms with Crippen molar-refractivity contribution in [3.05, 3.63) is 24.0 Å². The maximum absolute atomic E-state index is 11.4. The van der Waals surface area contributed by atoms with Gasteiger partial charge in [-0.3, -0.25) is 4.79 Å². The Balaban J connectivity index is 2.34. The lowest BCUT2D eigenvalue weighted by molar-refractivity contribution is -0.130. The first-order chi connectivity index (χ1) is 6.74. The van der Waals surface area contributed by atoms with Crippen LogP contribution >= 0.6 is 0 Å². The normalized spacial score (nSPS) is 10.1. The van der Waals surface area contributed by atoms with E-state index in [9.17, 15) is 4.79 Å². The number of aliphatic hydroxyl groups is 1. The minimum Gasteiger partial charge on any atom is -0.396 e. The monoisotopic (exact) mass is 196 g/mol. The fraction of sp³-hybridized carbons (Fsp3) is 0.500. The van der Waals surface area contributed by atoms with E-state index in [1.54, 1.807) is 11.9 Å². The number of nitrogens with zero attached hydrogens (tertiary/aromatic N) is 1. The average molecular weight is 196 g/mol. The summed E-state index contributed by atoms with van der Waals surface area (Å²) in [6.07, 6.45) is 4.66. The molecule has 78 valence electrons. The predicted molar refractivity (Wildman–Crippen MR) is 53.6 cm³/mol. The van der Waals surface area contributed by atoms with E-state index in [1.807, 2.05) is 18.5 Å². The van der Waals surface area contributed by atoms with Crippen LogP contribution in [-0.4, -0.2) is 34.6 Å². The number of carbonyl (C=O) groups excluding carboxylic acids is 1. The van der Waals surface area contributed by atoms with Crippen LogP contribution in [0, 0.1) is 0 Å². The van der Waals surface area contributed by atoms with Gasteiger partial charge in [0, 0.05) is 39.0 Å². The second kappa shape index (κ2) is 5.44. The molecule has 0 aliphatic heterocycles. The van der Waals surface area contributed by atoms with Gasteiger partial charge in [-0.25, -0.2) is 0 Å². The maximum Gasteiger partial charge on any atom is 0.222 e. The summed E-state index contributed by atoms with van der Waals surface area (Å²) in [6.45, 7) is 0.692. The van der Waals surface area contributed by atoms with Crippen molar-refractivity contribution in [1.29, 1.82) is 0 Å². The zero-order valence-corrected chi connectivity index (χ0v) is 8.36. The Labute approximate surface area is 83.5 Å². The minimum absolute atomic E-state index is 0.0697. The average Bonchev–Trinajstić information content (AvgIpc) is 2.66. The maximum atomic E-state index is 11.4. The van der Waals surface area contributed by atoms with Crippen molar-refractivity contribution in [1.82, 2.24) is 9.88 Å². The number of aliphatic hydroxyl groups excluding tert-OH is 1. The van der Waals surface area contributed by atoms with E-state index < -0.39 is 0 Å². The molecular formula is C10H16N2O2. The zero-order valence-electron chi connectivity index (χ0n) is 8.36. The fourth-order valence-electron chi connectivity index (χ4n) is 1.24. The van der Waals surface area contributed by atoms with Crippen molar-refractivity contribution in [2.24, 2.45) is 0 Å². The van der Waals surface area contributed by atoms with Crippen LogP contribution in [0.3, 0.4) is 0 Å². The van der Waals surface area contributed by atoms with E-state index in [2.05, 4.69) is 4.98 Å². The highest BCUT2D eigenvalue weighted by Gasteiger charge is 2.08. The summed E-state index contributed by atoms with van der Waals surface area (Å²) in [7, 11) is 1.77. The molecule has 1 amide bonds. The van der Waals surface area contributed by atoms with Crippen LogP contribution in [-0.2, 0) is 11.3 Å². The molecule has 0 saturated carbocycles. The molecule has 0 fully saturated rings. The number of H-pyrrole nitrogens is 1. The van der Waals surface area contributed by atoms with Gasteiger partial charge in [0.1, 0.15) is 0 Å². The highest BCUT2D eigenvalue weighted by Crippen LogP contribution is 2.03. The van der Waals surface area contributed by atoms with Crippen LogP contribution in [0.15, 0.2) is 18.5 Å². The first-order valence-electron chi connectivity index (χ1n) is 4.70. The molecule has 0 aromatic carbocycles. The van der Waals surface area contributed by atoms with Crippen molar-refractivity contribution in [3.63, 3.8) is 0 Å². The van der Waals surface area contributed by atoms with E-state index in [0.717, 1.165) is 5.56 Å². The summed E-state index contributed by atoms with van der Waals surface area (Å²) in [5, 5.41) is 8.58. The van der Waals surface area contributed by atoms with Gasteiger partial charge in [0.05, 0.1) is 0 Å². The molecule has 0 aliphatic rings. The Hall–Kier alpha value is -1.29. The highest BCUT2D eigenvalue weighted by atomic mass is 16.3. The predicted octanol–water partition coefficient (Wildman–Crippen LogP) is 0.746. The Morgan fingerprint density at radius 2 is 2.43 bits per heavy atom. The fourth-order valence-corrected chi connectivity index (χ4v) is 1.24. The summed E-state index contributed by atoms with van der Waals surface area (Å²) in [6, 6.07) is 1.94. The molecule has 1 rings (SSSR count). The number of amides is 1. The van der Waals surface area contributed by atoms with Gasteiger partial charge in [-0.1, -0.05) is 0 Å². The molecule has 4 heteroatoms. The Kier molecular flexibility index (Phi) is 4.19. The van der Waals surface area contributed by atoms with E-state index in [1.165, 1.54) is 0 Å². The number of hydrogen-bond acceptors (Lipinski definition) is 2. The second-order valence-corrected chi connectivity index (χ2v) is 3.30. The summed E-state index contributed by atoms with van der Waals surface area (Å²) in [5.74, 6) is 0.0697. The largest absolute Gasteiger partial charge is 0.396 e. The van der Waals surface area contributed by atoms with Gasteiger partial charge in [-0.2, -0.15) is 0 Å². The molecule has 1 aromatic heterocycles. The zero-order chi connectivity index (χ0) is 10.4. The van der Waals surface area contributed by atoms with Gasteiger partial charge in [0.2, 0.25) is 5.91 Å². The first-order valence-corrected chi connectivity index (χ1v) is 4.70. The van der Waals surface area contributed by atoms with Crippen LogP contribution in [0.4, 0.5) is 0 Å². The molecule has 1 aromatic rings. The number of carbonyl (C=O) groups is 1. The van der Waals surface area contributed by atoms with Crippen molar-refractivity contribution in [3.8, 4) is 0 Å². The first kappa shape index (κ1) is 10.8. The quantitative estimate of drug-likeness (QED) is 0.730. The van der Waals surface area contributed by atoms with Gasteiger partial charge in [0.15, 0.2) is 0 Å². The molecule has 0 spiro atoms. The molecule has 0 atom stereocenters. The molecule has 14 heavy (non-hydrogen) atoms. The van der Waals surface area contributed by atoms with Crippen molar-refractivity contribution in [2.45, 2.75) is 19.4 Å². The molecule has 0 bridgehead atoms. The number of aromatic amines is 1. The lowest BCUT2D eigenvalue weighted by Crippen LogP contribution is -2.25. The molecule has 0 radical (unpaired) electrons. The smallest absolute Gasteiger partial charge is 0.222 e. The number of hydrogen-bond donors (Lipinski definition) is 2. The summed E-state index contributed by atoms with van der Waals surface area (Å²) < 4.78 is 0. The van der Waals surface area contributed by atoms with Gasteiger partial charge < -0.3 is 15.0 Å². The molecular weight excluding hydrogens is 180 g/mol. The molecule has 4 nitrogen and oxygen atoms in total. The highest BCUT2D eigenvalue weighted by molar-refractivity contribution is 5.75. The Morgan fingerprint density at radius 3 is 3.00 bits per heavy atom. The third-order valence-corrected chi connectivity index (χ3v) is 2.06. The van der Waals surface area contributed by atoms with Gasteiger partial charge in [-0.05, 0) is 18.1 Å². The van der Waals surface area contributed by atoms with E-state index >= 15 is 0 Å². The van der Waals surface area contributed by atoms with Gasteiger partial charge in [-0.15, -0.1) is 0 Å². The summed E-state index contributed by atoms with van der Waals surface area (Å²) >= 11 is 0. The molecule has 0 aliphatic carbocycles. The third kappa shape index (κ3) is 3.22. The van der Waals surface area contributed by atoms with E-state index in [-0.39, 0.29) is 12.5 Å². The number of rotatable bonds is 5. The van der Waals surface area contributed by atoms with Crippen molar-refractivity contribution in [2.75, 3.05) is 13.7 Å². The topological polar surface area (TPSA) is 56.3 Å². The number of aromatic nitrogens is 1. The van der Waals surface area contributed by atoms with Crippen LogP contribution in [0.25, 0.3) is 0 Å². The van der Waals surface area contributed by atoms with Crippen LogP contribution in [0.2, 0.25) is 0 Å². The summed E-state index contributed by atoms with van der Waals surface area (Å²) in [5.41, 5.74) is 1.09. The van der Waals surface area contributed by atoms with Gasteiger partial charge in [0.25, 0.3) is 0 Å². The molecule has 0 saturated heterocycles. The van der Waals surface area contributed by atoms with Crippen LogP contribution in [0.5, 0.6) is 0 Å². The van der Waals surface area contributed by atoms with Crippen molar-refractivity contribution < 1.29 is 9.90 Å². The SMILES string of the molecule is CN(Cc1cc[nH]c1)C(=O)CCCO. The lowest BCUT2D eigenvalue weighted by atomic mass is 10.2. The van der Waals surface area contributed by atoms with Crippen LogP contribution < -0.4 is 0 Å².